The SMILES string of the molecule is COc1ccc2[nH]c3c(c2c1)CCN(C(C)=O)C=C3C(=O)O. The second kappa shape index (κ2) is 5.22. The third kappa shape index (κ3) is 2.22. The third-order valence-corrected chi connectivity index (χ3v) is 3.91. The molecule has 0 saturated carbocycles. The number of benzene rings is 1. The van der Waals surface area contributed by atoms with Crippen molar-refractivity contribution in [1.82, 2.24) is 9.88 Å². The van der Waals surface area contributed by atoms with Crippen molar-refractivity contribution < 1.29 is 19.4 Å². The molecule has 0 bridgehead atoms. The average Bonchev–Trinajstić information content (AvgIpc) is 2.72. The van der Waals surface area contributed by atoms with Gasteiger partial charge in [0.15, 0.2) is 0 Å². The molecule has 114 valence electrons. The summed E-state index contributed by atoms with van der Waals surface area (Å²) >= 11 is 0. The van der Waals surface area contributed by atoms with E-state index < -0.39 is 5.97 Å². The van der Waals surface area contributed by atoms with Crippen LogP contribution < -0.4 is 4.74 Å². The fourth-order valence-corrected chi connectivity index (χ4v) is 2.77. The fourth-order valence-electron chi connectivity index (χ4n) is 2.77. The van der Waals surface area contributed by atoms with E-state index in [0.717, 1.165) is 16.5 Å². The summed E-state index contributed by atoms with van der Waals surface area (Å²) in [4.78, 5) is 27.8. The summed E-state index contributed by atoms with van der Waals surface area (Å²) < 4.78 is 5.24. The van der Waals surface area contributed by atoms with E-state index >= 15 is 0 Å². The van der Waals surface area contributed by atoms with Crippen LogP contribution in [0.3, 0.4) is 0 Å². The van der Waals surface area contributed by atoms with Crippen LogP contribution in [0.5, 0.6) is 5.75 Å². The van der Waals surface area contributed by atoms with Gasteiger partial charge in [-0.15, -0.1) is 0 Å². The number of hydrogen-bond donors (Lipinski definition) is 2. The van der Waals surface area contributed by atoms with Crippen molar-refractivity contribution in [2.45, 2.75) is 13.3 Å². The number of nitrogens with one attached hydrogen (secondary N) is 1. The van der Waals surface area contributed by atoms with E-state index in [1.165, 1.54) is 18.0 Å². The Bertz CT molecular complexity index is 804. The number of methoxy groups -OCH3 is 1. The van der Waals surface area contributed by atoms with Crippen molar-refractivity contribution in [2.75, 3.05) is 13.7 Å². The van der Waals surface area contributed by atoms with Crippen molar-refractivity contribution in [3.8, 4) is 5.75 Å². The lowest BCUT2D eigenvalue weighted by molar-refractivity contribution is -0.130. The molecule has 0 saturated heterocycles. The molecule has 1 aromatic carbocycles. The Balaban J connectivity index is 2.22. The number of ether oxygens (including phenoxy) is 1. The van der Waals surface area contributed by atoms with Crippen LogP contribution in [-0.2, 0) is 16.0 Å². The molecule has 22 heavy (non-hydrogen) atoms. The topological polar surface area (TPSA) is 82.6 Å². The highest BCUT2D eigenvalue weighted by atomic mass is 16.5. The smallest absolute Gasteiger partial charge is 0.339 e. The molecule has 1 aliphatic rings. The molecule has 1 aromatic heterocycles. The molecule has 0 unspecified atom stereocenters. The average molecular weight is 300 g/mol. The molecule has 0 fully saturated rings. The Morgan fingerprint density at radius 1 is 1.36 bits per heavy atom. The van der Waals surface area contributed by atoms with Gasteiger partial charge in [-0.3, -0.25) is 4.79 Å². The van der Waals surface area contributed by atoms with Crippen LogP contribution in [0.15, 0.2) is 24.4 Å². The van der Waals surface area contributed by atoms with Gasteiger partial charge in [0.05, 0.1) is 18.4 Å². The van der Waals surface area contributed by atoms with Gasteiger partial charge in [-0.2, -0.15) is 0 Å². The second-order valence-corrected chi connectivity index (χ2v) is 5.20. The van der Waals surface area contributed by atoms with E-state index in [9.17, 15) is 14.7 Å². The van der Waals surface area contributed by atoms with E-state index in [2.05, 4.69) is 4.98 Å². The van der Waals surface area contributed by atoms with Crippen LogP contribution >= 0.6 is 0 Å². The summed E-state index contributed by atoms with van der Waals surface area (Å²) in [5.74, 6) is -0.526. The number of H-pyrrole nitrogens is 1. The Morgan fingerprint density at radius 3 is 2.77 bits per heavy atom. The molecule has 2 N–H and O–H groups in total. The maximum atomic E-state index is 11.6. The number of carbonyl (C=O) groups is 2. The molecule has 0 aliphatic carbocycles. The predicted octanol–water partition coefficient (Wildman–Crippen LogP) is 2.01. The Labute approximate surface area is 127 Å². The molecular weight excluding hydrogens is 284 g/mol. The van der Waals surface area contributed by atoms with E-state index in [1.807, 2.05) is 18.2 Å². The first-order valence-electron chi connectivity index (χ1n) is 6.92. The number of nitrogens with zero attached hydrogens (tertiary/aromatic N) is 1. The van der Waals surface area contributed by atoms with E-state index in [0.29, 0.717) is 24.4 Å². The number of aliphatic carboxylic acids is 1. The quantitative estimate of drug-likeness (QED) is 0.888. The first-order valence-corrected chi connectivity index (χ1v) is 6.92. The van der Waals surface area contributed by atoms with Crippen LogP contribution in [0.1, 0.15) is 18.2 Å². The number of aromatic nitrogens is 1. The lowest BCUT2D eigenvalue weighted by atomic mass is 10.0. The lowest BCUT2D eigenvalue weighted by Crippen LogP contribution is -2.25. The van der Waals surface area contributed by atoms with Crippen LogP contribution in [-0.4, -0.2) is 40.5 Å². The van der Waals surface area contributed by atoms with Gasteiger partial charge < -0.3 is 19.7 Å². The number of aromatic amines is 1. The summed E-state index contributed by atoms with van der Waals surface area (Å²) in [6.45, 7) is 1.88. The summed E-state index contributed by atoms with van der Waals surface area (Å²) in [5, 5.41) is 10.4. The third-order valence-electron chi connectivity index (χ3n) is 3.91. The molecule has 2 aromatic rings. The van der Waals surface area contributed by atoms with Crippen LogP contribution in [0.25, 0.3) is 16.5 Å². The maximum absolute atomic E-state index is 11.6. The van der Waals surface area contributed by atoms with Gasteiger partial charge >= 0.3 is 5.97 Å². The molecule has 1 aliphatic heterocycles. The van der Waals surface area contributed by atoms with Crippen molar-refractivity contribution >= 4 is 28.4 Å². The molecule has 2 heterocycles. The van der Waals surface area contributed by atoms with Gasteiger partial charge in [0, 0.05) is 30.6 Å². The molecule has 0 radical (unpaired) electrons. The molecule has 0 spiro atoms. The van der Waals surface area contributed by atoms with Crippen LogP contribution in [0, 0.1) is 0 Å². The standard InChI is InChI=1S/C16H16N2O4/c1-9(19)18-6-5-11-12-7-10(22-2)3-4-14(12)17-15(11)13(8-18)16(20)21/h3-4,7-8,17H,5-6H2,1-2H3,(H,20,21). The van der Waals surface area contributed by atoms with E-state index in [1.54, 1.807) is 7.11 Å². The minimum Gasteiger partial charge on any atom is -0.497 e. The minimum absolute atomic E-state index is 0.0952. The van der Waals surface area contributed by atoms with Crippen LogP contribution in [0.4, 0.5) is 0 Å². The minimum atomic E-state index is -1.06. The highest BCUT2D eigenvalue weighted by Crippen LogP contribution is 2.32. The lowest BCUT2D eigenvalue weighted by Gasteiger charge is -2.14. The Kier molecular flexibility index (Phi) is 3.36. The number of carboxylic acid groups (broad SMARTS) is 1. The Hall–Kier alpha value is -2.76. The number of carboxylic acids is 1. The van der Waals surface area contributed by atoms with Crippen molar-refractivity contribution in [1.29, 1.82) is 0 Å². The molecule has 6 nitrogen and oxygen atoms in total. The number of amides is 1. The molecule has 6 heteroatoms. The molecule has 0 atom stereocenters. The number of rotatable bonds is 2. The molecular formula is C16H16N2O4. The molecule has 3 rings (SSSR count). The van der Waals surface area contributed by atoms with Gasteiger partial charge in [-0.1, -0.05) is 0 Å². The largest absolute Gasteiger partial charge is 0.497 e. The van der Waals surface area contributed by atoms with Gasteiger partial charge in [-0.05, 0) is 30.2 Å². The zero-order valence-electron chi connectivity index (χ0n) is 12.3. The first-order chi connectivity index (χ1) is 10.5. The molecule has 1 amide bonds. The zero-order chi connectivity index (χ0) is 15.9. The number of carbonyl (C=O) groups excluding carboxylic acids is 1. The fraction of sp³-hybridized carbons (Fsp3) is 0.250. The number of fused-ring (bicyclic) bond motifs is 3. The van der Waals surface area contributed by atoms with Crippen molar-refractivity contribution in [3.05, 3.63) is 35.7 Å². The zero-order valence-corrected chi connectivity index (χ0v) is 12.3. The van der Waals surface area contributed by atoms with E-state index in [-0.39, 0.29) is 11.5 Å². The van der Waals surface area contributed by atoms with Crippen LogP contribution in [0.2, 0.25) is 0 Å². The number of hydrogen-bond acceptors (Lipinski definition) is 3. The van der Waals surface area contributed by atoms with Crippen molar-refractivity contribution in [3.63, 3.8) is 0 Å². The highest BCUT2D eigenvalue weighted by Gasteiger charge is 2.25. The summed E-state index contributed by atoms with van der Waals surface area (Å²) in [7, 11) is 1.59. The second-order valence-electron chi connectivity index (χ2n) is 5.20. The van der Waals surface area contributed by atoms with Gasteiger partial charge in [0.2, 0.25) is 5.91 Å². The summed E-state index contributed by atoms with van der Waals surface area (Å²) in [6.07, 6.45) is 1.98. The monoisotopic (exact) mass is 300 g/mol. The van der Waals surface area contributed by atoms with Gasteiger partial charge in [0.1, 0.15) is 5.75 Å². The maximum Gasteiger partial charge on any atom is 0.339 e. The highest BCUT2D eigenvalue weighted by molar-refractivity contribution is 6.17. The Morgan fingerprint density at radius 2 is 2.14 bits per heavy atom. The first kappa shape index (κ1) is 14.2. The van der Waals surface area contributed by atoms with Crippen molar-refractivity contribution in [2.24, 2.45) is 0 Å². The van der Waals surface area contributed by atoms with Gasteiger partial charge in [-0.25, -0.2) is 4.79 Å². The predicted molar refractivity (Wildman–Crippen MR) is 81.6 cm³/mol. The summed E-state index contributed by atoms with van der Waals surface area (Å²) in [5.41, 5.74) is 2.40. The van der Waals surface area contributed by atoms with E-state index in [4.69, 9.17) is 4.74 Å². The summed E-state index contributed by atoms with van der Waals surface area (Å²) in [6, 6.07) is 5.57. The van der Waals surface area contributed by atoms with Gasteiger partial charge in [0.25, 0.3) is 0 Å². The normalized spacial score (nSPS) is 14.3.